The third-order valence-electron chi connectivity index (χ3n) is 6.06. The van der Waals surface area contributed by atoms with Crippen LogP contribution in [-0.2, 0) is 9.59 Å². The van der Waals surface area contributed by atoms with Crippen molar-refractivity contribution in [1.29, 1.82) is 0 Å². The summed E-state index contributed by atoms with van der Waals surface area (Å²) in [5.74, 6) is -1.09. The first-order valence-electron chi connectivity index (χ1n) is 10.8. The van der Waals surface area contributed by atoms with Gasteiger partial charge in [0.15, 0.2) is 0 Å². The van der Waals surface area contributed by atoms with Crippen molar-refractivity contribution in [2.24, 2.45) is 0 Å². The average Bonchev–Trinajstić information content (AvgIpc) is 3.04. The first kappa shape index (κ1) is 24.0. The SMILES string of the molecule is CC[NH+](CC)CCN1C(=O)C(=O)/C(=C(/[O-])c2ccc(OC)c(C)c2)C1c1cccc(Br)c1. The van der Waals surface area contributed by atoms with E-state index in [2.05, 4.69) is 29.8 Å². The van der Waals surface area contributed by atoms with Gasteiger partial charge in [0.25, 0.3) is 5.91 Å². The number of nitrogens with zero attached hydrogens (tertiary/aromatic N) is 1. The number of ether oxygens (including phenoxy) is 1. The number of amides is 1. The summed E-state index contributed by atoms with van der Waals surface area (Å²) in [5, 5.41) is 13.5. The number of ketones is 1. The van der Waals surface area contributed by atoms with Gasteiger partial charge in [-0.25, -0.2) is 0 Å². The molecule has 1 unspecified atom stereocenters. The van der Waals surface area contributed by atoms with E-state index in [-0.39, 0.29) is 5.57 Å². The number of benzene rings is 2. The van der Waals surface area contributed by atoms with Crippen LogP contribution in [0.15, 0.2) is 52.5 Å². The summed E-state index contributed by atoms with van der Waals surface area (Å²) in [6.07, 6.45) is 0. The molecule has 1 saturated heterocycles. The number of Topliss-reactive ketones (excluding diaryl/α,β-unsaturated/α-hetero) is 1. The Kier molecular flexibility index (Phi) is 7.74. The summed E-state index contributed by atoms with van der Waals surface area (Å²) in [6, 6.07) is 11.8. The second-order valence-electron chi connectivity index (χ2n) is 7.92. The number of likely N-dealkylation sites (tertiary alicyclic amines) is 1. The number of halogens is 1. The van der Waals surface area contributed by atoms with Crippen LogP contribution in [0, 0.1) is 6.92 Å². The number of rotatable bonds is 8. The summed E-state index contributed by atoms with van der Waals surface area (Å²) in [5.41, 5.74) is 1.90. The van der Waals surface area contributed by atoms with Crippen LogP contribution in [0.4, 0.5) is 0 Å². The molecular weight excluding hydrogens is 472 g/mol. The summed E-state index contributed by atoms with van der Waals surface area (Å²) in [7, 11) is 1.57. The van der Waals surface area contributed by atoms with Crippen LogP contribution in [0.1, 0.15) is 36.6 Å². The van der Waals surface area contributed by atoms with Gasteiger partial charge in [0.1, 0.15) is 5.75 Å². The Labute approximate surface area is 197 Å². The van der Waals surface area contributed by atoms with Gasteiger partial charge in [-0.15, -0.1) is 0 Å². The number of likely N-dealkylation sites (N-methyl/N-ethyl adjacent to an activating group) is 1. The van der Waals surface area contributed by atoms with Crippen molar-refractivity contribution in [3.63, 3.8) is 0 Å². The second kappa shape index (κ2) is 10.3. The first-order valence-corrected chi connectivity index (χ1v) is 11.6. The molecule has 1 N–H and O–H groups in total. The van der Waals surface area contributed by atoms with E-state index in [0.717, 1.165) is 28.7 Å². The second-order valence-corrected chi connectivity index (χ2v) is 8.84. The van der Waals surface area contributed by atoms with E-state index in [1.165, 1.54) is 4.90 Å². The lowest BCUT2D eigenvalue weighted by atomic mass is 9.95. The summed E-state index contributed by atoms with van der Waals surface area (Å²) in [6.45, 7) is 8.98. The zero-order valence-electron chi connectivity index (χ0n) is 18.9. The highest BCUT2D eigenvalue weighted by atomic mass is 79.9. The minimum Gasteiger partial charge on any atom is -0.872 e. The van der Waals surface area contributed by atoms with E-state index in [1.807, 2.05) is 31.2 Å². The van der Waals surface area contributed by atoms with Crippen LogP contribution >= 0.6 is 15.9 Å². The Morgan fingerprint density at radius 1 is 1.16 bits per heavy atom. The highest BCUT2D eigenvalue weighted by Gasteiger charge is 2.44. The van der Waals surface area contributed by atoms with Crippen molar-refractivity contribution < 1.29 is 24.3 Å². The topological polar surface area (TPSA) is 74.1 Å². The summed E-state index contributed by atoms with van der Waals surface area (Å²) in [4.78, 5) is 29.0. The first-order chi connectivity index (χ1) is 15.3. The van der Waals surface area contributed by atoms with Gasteiger partial charge < -0.3 is 19.6 Å². The normalized spacial score (nSPS) is 17.9. The van der Waals surface area contributed by atoms with Crippen molar-refractivity contribution in [1.82, 2.24) is 4.90 Å². The predicted molar refractivity (Wildman–Crippen MR) is 125 cm³/mol. The Hall–Kier alpha value is -2.64. The van der Waals surface area contributed by atoms with Gasteiger partial charge in [0.05, 0.1) is 39.3 Å². The van der Waals surface area contributed by atoms with Crippen molar-refractivity contribution in [2.45, 2.75) is 26.8 Å². The van der Waals surface area contributed by atoms with Crippen molar-refractivity contribution >= 4 is 33.4 Å². The van der Waals surface area contributed by atoms with Crippen LogP contribution in [-0.4, -0.2) is 49.9 Å². The molecule has 2 aromatic carbocycles. The molecular formula is C25H29BrN2O4. The molecule has 0 aromatic heterocycles. The largest absolute Gasteiger partial charge is 0.872 e. The predicted octanol–water partition coefficient (Wildman–Crippen LogP) is 1.91. The maximum absolute atomic E-state index is 13.5. The molecule has 0 saturated carbocycles. The molecule has 1 atom stereocenters. The molecule has 1 aliphatic heterocycles. The molecule has 1 fully saturated rings. The molecule has 6 nitrogen and oxygen atoms in total. The number of nitrogens with one attached hydrogen (secondary N) is 1. The van der Waals surface area contributed by atoms with E-state index in [0.29, 0.717) is 24.4 Å². The van der Waals surface area contributed by atoms with Gasteiger partial charge in [0.2, 0.25) is 5.78 Å². The number of hydrogen-bond acceptors (Lipinski definition) is 4. The van der Waals surface area contributed by atoms with Gasteiger partial charge in [-0.05, 0) is 61.7 Å². The smallest absolute Gasteiger partial charge is 0.295 e. The summed E-state index contributed by atoms with van der Waals surface area (Å²) >= 11 is 3.47. The fraction of sp³-hybridized carbons (Fsp3) is 0.360. The van der Waals surface area contributed by atoms with E-state index >= 15 is 0 Å². The molecule has 7 heteroatoms. The molecule has 0 bridgehead atoms. The van der Waals surface area contributed by atoms with E-state index in [9.17, 15) is 14.7 Å². The molecule has 2 aromatic rings. The highest BCUT2D eigenvalue weighted by molar-refractivity contribution is 9.10. The quantitative estimate of drug-likeness (QED) is 0.341. The number of aryl methyl sites for hydroxylation is 1. The standard InChI is InChI=1S/C25H29BrN2O4/c1-5-27(6-2)12-13-28-22(17-8-7-9-19(26)15-17)21(24(30)25(28)31)23(29)18-10-11-20(32-4)16(3)14-18/h7-11,14-15,22,29H,5-6,12-13H2,1-4H3/b23-21+. The van der Waals surface area contributed by atoms with Gasteiger partial charge in [-0.1, -0.05) is 39.9 Å². The van der Waals surface area contributed by atoms with Gasteiger partial charge >= 0.3 is 0 Å². The third kappa shape index (κ3) is 4.74. The lowest BCUT2D eigenvalue weighted by molar-refractivity contribution is -0.895. The molecule has 32 heavy (non-hydrogen) atoms. The fourth-order valence-corrected chi connectivity index (χ4v) is 4.60. The van der Waals surface area contributed by atoms with Crippen LogP contribution in [0.2, 0.25) is 0 Å². The Bertz CT molecular complexity index is 1050. The molecule has 1 aliphatic rings. The molecule has 0 aliphatic carbocycles. The lowest BCUT2D eigenvalue weighted by Gasteiger charge is -2.28. The van der Waals surface area contributed by atoms with E-state index < -0.39 is 23.5 Å². The van der Waals surface area contributed by atoms with Crippen LogP contribution < -0.4 is 14.7 Å². The molecule has 1 heterocycles. The Morgan fingerprint density at radius 2 is 1.88 bits per heavy atom. The molecule has 0 spiro atoms. The molecule has 1 amide bonds. The maximum Gasteiger partial charge on any atom is 0.295 e. The lowest BCUT2D eigenvalue weighted by Crippen LogP contribution is -3.12. The molecule has 170 valence electrons. The number of methoxy groups -OCH3 is 1. The average molecular weight is 501 g/mol. The third-order valence-corrected chi connectivity index (χ3v) is 6.55. The van der Waals surface area contributed by atoms with E-state index in [1.54, 1.807) is 30.2 Å². The minimum atomic E-state index is -0.719. The number of hydrogen-bond donors (Lipinski definition) is 1. The van der Waals surface area contributed by atoms with Crippen molar-refractivity contribution in [3.8, 4) is 5.75 Å². The van der Waals surface area contributed by atoms with Crippen molar-refractivity contribution in [3.05, 3.63) is 69.2 Å². The Morgan fingerprint density at radius 3 is 2.47 bits per heavy atom. The Balaban J connectivity index is 2.12. The zero-order chi connectivity index (χ0) is 23.4. The van der Waals surface area contributed by atoms with Crippen LogP contribution in [0.3, 0.4) is 0 Å². The molecule has 0 radical (unpaired) electrons. The van der Waals surface area contributed by atoms with Gasteiger partial charge in [0, 0.05) is 10.0 Å². The van der Waals surface area contributed by atoms with Gasteiger partial charge in [-0.2, -0.15) is 0 Å². The highest BCUT2D eigenvalue weighted by Crippen LogP contribution is 2.39. The van der Waals surface area contributed by atoms with Crippen molar-refractivity contribution in [2.75, 3.05) is 33.3 Å². The number of quaternary nitrogens is 1. The zero-order valence-corrected chi connectivity index (χ0v) is 20.5. The molecule has 3 rings (SSSR count). The maximum atomic E-state index is 13.5. The van der Waals surface area contributed by atoms with Crippen LogP contribution in [0.25, 0.3) is 5.76 Å². The monoisotopic (exact) mass is 500 g/mol. The number of carbonyl (C=O) groups is 2. The van der Waals surface area contributed by atoms with E-state index in [4.69, 9.17) is 4.74 Å². The van der Waals surface area contributed by atoms with Crippen LogP contribution in [0.5, 0.6) is 5.75 Å². The minimum absolute atomic E-state index is 0.00668. The van der Waals surface area contributed by atoms with Gasteiger partial charge in [-0.3, -0.25) is 9.59 Å². The number of carbonyl (C=O) groups excluding carboxylic acids is 2. The fourth-order valence-electron chi connectivity index (χ4n) is 4.18. The summed E-state index contributed by atoms with van der Waals surface area (Å²) < 4.78 is 6.11.